The van der Waals surface area contributed by atoms with E-state index in [9.17, 15) is 19.6 Å². The molecule has 0 saturated carbocycles. The number of aliphatic hydroxyl groups is 1. The molecule has 184 valence electrons. The third kappa shape index (κ3) is 4.26. The van der Waals surface area contributed by atoms with Crippen LogP contribution < -0.4 is 5.73 Å². The smallest absolute Gasteiger partial charge is 0.270 e. The molecule has 3 heterocycles. The molecule has 4 aromatic rings. The Morgan fingerprint density at radius 3 is 2.78 bits per heavy atom. The van der Waals surface area contributed by atoms with Crippen molar-refractivity contribution in [3.8, 4) is 28.5 Å². The van der Waals surface area contributed by atoms with E-state index >= 15 is 0 Å². The van der Waals surface area contributed by atoms with Crippen molar-refractivity contribution >= 4 is 16.8 Å². The second-order valence-electron chi connectivity index (χ2n) is 9.20. The van der Waals surface area contributed by atoms with Crippen molar-refractivity contribution in [1.82, 2.24) is 19.2 Å². The first-order valence-electron chi connectivity index (χ1n) is 11.9. The summed E-state index contributed by atoms with van der Waals surface area (Å²) in [7, 11) is 1.85. The van der Waals surface area contributed by atoms with Crippen LogP contribution in [0.25, 0.3) is 33.3 Å². The Bertz CT molecular complexity index is 1500. The van der Waals surface area contributed by atoms with E-state index in [1.54, 1.807) is 26.3 Å². The average Bonchev–Trinajstić information content (AvgIpc) is 3.43. The van der Waals surface area contributed by atoms with Crippen LogP contribution in [-0.4, -0.2) is 56.0 Å². The number of halogens is 1. The van der Waals surface area contributed by atoms with Gasteiger partial charge in [0.05, 0.1) is 23.4 Å². The maximum atomic E-state index is 14.7. The first kappa shape index (κ1) is 23.7. The standard InChI is InChI=1S/C27H27FN6O2/c1-32-15-20-11-18(6-7-24(20)31-32)26-22(17-4-5-19(14-29)23(28)12-17)13-25(34(26)9-10-35)27(36)33-8-2-3-21(30)16-33/h4-7,11-13,15,21,35H,2-3,8-10,16,30H2,1H3/t21-/m1/s1. The summed E-state index contributed by atoms with van der Waals surface area (Å²) in [5.41, 5.74) is 9.98. The van der Waals surface area contributed by atoms with Crippen molar-refractivity contribution in [2.75, 3.05) is 19.7 Å². The number of nitrogens with zero attached hydrogens (tertiary/aromatic N) is 5. The van der Waals surface area contributed by atoms with Crippen LogP contribution in [0.1, 0.15) is 28.9 Å². The monoisotopic (exact) mass is 486 g/mol. The number of nitriles is 1. The van der Waals surface area contributed by atoms with E-state index in [0.29, 0.717) is 35.6 Å². The number of benzene rings is 2. The number of hydrogen-bond acceptors (Lipinski definition) is 5. The van der Waals surface area contributed by atoms with E-state index in [-0.39, 0.29) is 30.7 Å². The Labute approximate surface area is 208 Å². The summed E-state index contributed by atoms with van der Waals surface area (Å²) in [5.74, 6) is -0.809. The van der Waals surface area contributed by atoms with E-state index < -0.39 is 5.82 Å². The summed E-state index contributed by atoms with van der Waals surface area (Å²) in [6.45, 7) is 1.06. The summed E-state index contributed by atoms with van der Waals surface area (Å²) in [6.07, 6.45) is 3.60. The lowest BCUT2D eigenvalue weighted by molar-refractivity contribution is 0.0697. The number of hydrogen-bond donors (Lipinski definition) is 2. The Morgan fingerprint density at radius 1 is 1.25 bits per heavy atom. The van der Waals surface area contributed by atoms with Crippen LogP contribution in [-0.2, 0) is 13.6 Å². The third-order valence-electron chi connectivity index (χ3n) is 6.68. The highest BCUT2D eigenvalue weighted by atomic mass is 19.1. The minimum absolute atomic E-state index is 0.0505. The number of nitrogens with two attached hydrogens (primary N) is 1. The zero-order chi connectivity index (χ0) is 25.4. The summed E-state index contributed by atoms with van der Waals surface area (Å²) in [5, 5.41) is 24.5. The van der Waals surface area contributed by atoms with Gasteiger partial charge in [0, 0.05) is 49.9 Å². The van der Waals surface area contributed by atoms with Gasteiger partial charge in [-0.15, -0.1) is 0 Å². The predicted octanol–water partition coefficient (Wildman–Crippen LogP) is 3.28. The fourth-order valence-electron chi connectivity index (χ4n) is 5.02. The molecule has 1 saturated heterocycles. The number of aromatic nitrogens is 3. The summed E-state index contributed by atoms with van der Waals surface area (Å²) >= 11 is 0. The molecule has 0 unspecified atom stereocenters. The maximum absolute atomic E-state index is 14.7. The number of likely N-dealkylation sites (tertiary alicyclic amines) is 1. The van der Waals surface area contributed by atoms with Crippen LogP contribution in [0.3, 0.4) is 0 Å². The van der Waals surface area contributed by atoms with E-state index in [1.165, 1.54) is 12.1 Å². The summed E-state index contributed by atoms with van der Waals surface area (Å²) in [6, 6.07) is 13.7. The second kappa shape index (κ2) is 9.57. The average molecular weight is 487 g/mol. The number of carbonyl (C=O) groups excluding carboxylic acids is 1. The highest BCUT2D eigenvalue weighted by molar-refractivity contribution is 5.98. The molecule has 5 rings (SSSR count). The molecule has 1 aliphatic rings. The van der Waals surface area contributed by atoms with Crippen molar-refractivity contribution in [2.45, 2.75) is 25.4 Å². The number of rotatable bonds is 5. The molecule has 2 aromatic heterocycles. The van der Waals surface area contributed by atoms with Crippen molar-refractivity contribution in [3.05, 3.63) is 65.7 Å². The van der Waals surface area contributed by atoms with Crippen molar-refractivity contribution in [2.24, 2.45) is 12.8 Å². The van der Waals surface area contributed by atoms with Crippen molar-refractivity contribution in [1.29, 1.82) is 5.26 Å². The summed E-state index contributed by atoms with van der Waals surface area (Å²) < 4.78 is 18.2. The highest BCUT2D eigenvalue weighted by Crippen LogP contribution is 2.38. The number of fused-ring (bicyclic) bond motifs is 1. The van der Waals surface area contributed by atoms with Gasteiger partial charge in [0.15, 0.2) is 0 Å². The molecule has 9 heteroatoms. The zero-order valence-corrected chi connectivity index (χ0v) is 20.0. The zero-order valence-electron chi connectivity index (χ0n) is 20.0. The molecular formula is C27H27FN6O2. The van der Waals surface area contributed by atoms with Crippen molar-refractivity contribution in [3.63, 3.8) is 0 Å². The molecular weight excluding hydrogens is 459 g/mol. The molecule has 0 spiro atoms. The first-order valence-corrected chi connectivity index (χ1v) is 11.9. The molecule has 0 radical (unpaired) electrons. The van der Waals surface area contributed by atoms with Gasteiger partial charge in [-0.25, -0.2) is 4.39 Å². The van der Waals surface area contributed by atoms with Crippen LogP contribution in [0, 0.1) is 17.1 Å². The molecule has 36 heavy (non-hydrogen) atoms. The van der Waals surface area contributed by atoms with Gasteiger partial charge in [-0.2, -0.15) is 10.4 Å². The largest absolute Gasteiger partial charge is 0.395 e. The molecule has 3 N–H and O–H groups in total. The van der Waals surface area contributed by atoms with Gasteiger partial charge < -0.3 is 20.3 Å². The minimum Gasteiger partial charge on any atom is -0.395 e. The predicted molar refractivity (Wildman–Crippen MR) is 134 cm³/mol. The van der Waals surface area contributed by atoms with E-state index in [0.717, 1.165) is 29.3 Å². The van der Waals surface area contributed by atoms with Gasteiger partial charge >= 0.3 is 0 Å². The lowest BCUT2D eigenvalue weighted by Crippen LogP contribution is -2.46. The molecule has 2 aromatic carbocycles. The van der Waals surface area contributed by atoms with Crippen LogP contribution in [0.15, 0.2) is 48.7 Å². The molecule has 1 fully saturated rings. The lowest BCUT2D eigenvalue weighted by atomic mass is 9.99. The molecule has 0 bridgehead atoms. The number of piperidine rings is 1. The number of carbonyl (C=O) groups is 1. The molecule has 1 aliphatic heterocycles. The topological polar surface area (TPSA) is 113 Å². The molecule has 8 nitrogen and oxygen atoms in total. The van der Waals surface area contributed by atoms with Gasteiger partial charge in [-0.1, -0.05) is 12.1 Å². The van der Waals surface area contributed by atoms with Crippen molar-refractivity contribution < 1.29 is 14.3 Å². The fourth-order valence-corrected chi connectivity index (χ4v) is 5.02. The van der Waals surface area contributed by atoms with E-state index in [4.69, 9.17) is 5.73 Å². The molecule has 0 aliphatic carbocycles. The normalized spacial score (nSPS) is 15.9. The SMILES string of the molecule is Cn1cc2cc(-c3c(-c4ccc(C#N)c(F)c4)cc(C(=O)N4CCC[C@@H](N)C4)n3CCO)ccc2n1. The number of aryl methyl sites for hydroxylation is 1. The van der Waals surface area contributed by atoms with E-state index in [1.807, 2.05) is 37.5 Å². The van der Waals surface area contributed by atoms with Gasteiger partial charge in [-0.05, 0) is 54.3 Å². The van der Waals surface area contributed by atoms with Crippen LogP contribution >= 0.6 is 0 Å². The Balaban J connectivity index is 1.73. The summed E-state index contributed by atoms with van der Waals surface area (Å²) in [4.78, 5) is 15.4. The highest BCUT2D eigenvalue weighted by Gasteiger charge is 2.28. The number of amides is 1. The lowest BCUT2D eigenvalue weighted by Gasteiger charge is -2.31. The molecule has 1 amide bonds. The van der Waals surface area contributed by atoms with Crippen LogP contribution in [0.5, 0.6) is 0 Å². The van der Waals surface area contributed by atoms with Gasteiger partial charge in [0.25, 0.3) is 5.91 Å². The quantitative estimate of drug-likeness (QED) is 0.450. The molecule has 1 atom stereocenters. The fraction of sp³-hybridized carbons (Fsp3) is 0.296. The van der Waals surface area contributed by atoms with E-state index in [2.05, 4.69) is 5.10 Å². The second-order valence-corrected chi connectivity index (χ2v) is 9.20. The Kier molecular flexibility index (Phi) is 6.31. The number of aliphatic hydroxyl groups excluding tert-OH is 1. The van der Waals surface area contributed by atoms with Gasteiger partial charge in [0.1, 0.15) is 17.6 Å². The maximum Gasteiger partial charge on any atom is 0.270 e. The first-order chi connectivity index (χ1) is 17.4. The third-order valence-corrected chi connectivity index (χ3v) is 6.68. The Hall–Kier alpha value is -4.00. The Morgan fingerprint density at radius 2 is 2.06 bits per heavy atom. The van der Waals surface area contributed by atoms with Crippen LogP contribution in [0.4, 0.5) is 4.39 Å². The van der Waals surface area contributed by atoms with Gasteiger partial charge in [-0.3, -0.25) is 9.48 Å². The van der Waals surface area contributed by atoms with Crippen LogP contribution in [0.2, 0.25) is 0 Å². The minimum atomic E-state index is -0.631. The van der Waals surface area contributed by atoms with Gasteiger partial charge in [0.2, 0.25) is 0 Å².